The van der Waals surface area contributed by atoms with Crippen LogP contribution in [0.5, 0.6) is 5.75 Å². The predicted molar refractivity (Wildman–Crippen MR) is 60.5 cm³/mol. The Balaban J connectivity index is 2.25. The number of methoxy groups -OCH3 is 1. The molecule has 0 radical (unpaired) electrons. The number of carbonyl (C=O) groups is 1. The fourth-order valence-corrected chi connectivity index (χ4v) is 1.87. The highest BCUT2D eigenvalue weighted by molar-refractivity contribution is 8.14. The Hall–Kier alpha value is -1.49. The zero-order valence-corrected chi connectivity index (χ0v) is 9.00. The van der Waals surface area contributed by atoms with E-state index in [1.54, 1.807) is 7.11 Å². The van der Waals surface area contributed by atoms with Crippen LogP contribution >= 0.6 is 11.8 Å². The third-order valence-electron chi connectivity index (χ3n) is 2.03. The largest absolute Gasteiger partial charge is 0.497 e. The minimum atomic E-state index is -0.110. The first-order chi connectivity index (χ1) is 7.29. The average molecular weight is 222 g/mol. The van der Waals surface area contributed by atoms with Crippen molar-refractivity contribution in [3.05, 3.63) is 29.8 Å². The molecule has 78 valence electrons. The van der Waals surface area contributed by atoms with Crippen LogP contribution < -0.4 is 10.2 Å². The summed E-state index contributed by atoms with van der Waals surface area (Å²) in [5.74, 6) is 1.39. The number of hydrogen-bond donors (Lipinski definition) is 1. The van der Waals surface area contributed by atoms with Crippen LogP contribution in [0.4, 0.5) is 4.79 Å². The van der Waals surface area contributed by atoms with Crippen LogP contribution in [0.3, 0.4) is 0 Å². The molecule has 0 aromatic heterocycles. The van der Waals surface area contributed by atoms with Gasteiger partial charge in [0.2, 0.25) is 0 Å². The molecule has 2 rings (SSSR count). The van der Waals surface area contributed by atoms with E-state index in [2.05, 4.69) is 10.5 Å². The van der Waals surface area contributed by atoms with E-state index < -0.39 is 0 Å². The molecule has 1 heterocycles. The number of rotatable bonds is 2. The highest BCUT2D eigenvalue weighted by Crippen LogP contribution is 2.17. The molecule has 0 unspecified atom stereocenters. The molecule has 0 atom stereocenters. The van der Waals surface area contributed by atoms with Gasteiger partial charge in [-0.05, 0) is 12.1 Å². The fourth-order valence-electron chi connectivity index (χ4n) is 1.26. The van der Waals surface area contributed by atoms with Crippen molar-refractivity contribution in [1.29, 1.82) is 0 Å². The van der Waals surface area contributed by atoms with Crippen molar-refractivity contribution in [3.63, 3.8) is 0 Å². The van der Waals surface area contributed by atoms with E-state index in [4.69, 9.17) is 4.74 Å². The second-order valence-corrected chi connectivity index (χ2v) is 3.93. The monoisotopic (exact) mass is 222 g/mol. The van der Waals surface area contributed by atoms with E-state index in [1.165, 1.54) is 11.8 Å². The van der Waals surface area contributed by atoms with Crippen LogP contribution in [0.2, 0.25) is 0 Å². The zero-order chi connectivity index (χ0) is 10.7. The number of thioether (sulfide) groups is 1. The second-order valence-electron chi connectivity index (χ2n) is 2.98. The normalized spacial score (nSPS) is 15.5. The molecule has 0 bridgehead atoms. The molecule has 0 saturated heterocycles. The van der Waals surface area contributed by atoms with Gasteiger partial charge in [0, 0.05) is 11.3 Å². The third-order valence-corrected chi connectivity index (χ3v) is 2.80. The van der Waals surface area contributed by atoms with Crippen LogP contribution in [-0.4, -0.2) is 23.8 Å². The molecule has 0 saturated carbocycles. The molecule has 1 aliphatic heterocycles. The van der Waals surface area contributed by atoms with Gasteiger partial charge in [-0.2, -0.15) is 5.10 Å². The minimum Gasteiger partial charge on any atom is -0.497 e. The average Bonchev–Trinajstić information content (AvgIpc) is 2.30. The molecule has 1 aromatic rings. The summed E-state index contributed by atoms with van der Waals surface area (Å²) in [6.07, 6.45) is 0. The summed E-state index contributed by atoms with van der Waals surface area (Å²) in [5, 5.41) is 3.89. The summed E-state index contributed by atoms with van der Waals surface area (Å²) < 4.78 is 5.12. The Morgan fingerprint density at radius 1 is 1.53 bits per heavy atom. The smallest absolute Gasteiger partial charge is 0.299 e. The van der Waals surface area contributed by atoms with Gasteiger partial charge in [0.1, 0.15) is 5.75 Å². The molecular formula is C10H10N2O2S. The van der Waals surface area contributed by atoms with Gasteiger partial charge in [0.25, 0.3) is 5.24 Å². The van der Waals surface area contributed by atoms with E-state index in [0.717, 1.165) is 17.0 Å². The van der Waals surface area contributed by atoms with Gasteiger partial charge in [0.05, 0.1) is 12.8 Å². The van der Waals surface area contributed by atoms with E-state index in [-0.39, 0.29) is 5.24 Å². The van der Waals surface area contributed by atoms with Gasteiger partial charge in [-0.25, -0.2) is 5.43 Å². The number of ether oxygens (including phenoxy) is 1. The lowest BCUT2D eigenvalue weighted by molar-refractivity contribution is 0.261. The van der Waals surface area contributed by atoms with Crippen molar-refractivity contribution in [3.8, 4) is 5.75 Å². The van der Waals surface area contributed by atoms with Crippen molar-refractivity contribution in [2.24, 2.45) is 5.10 Å². The van der Waals surface area contributed by atoms with E-state index in [1.807, 2.05) is 24.3 Å². The van der Waals surface area contributed by atoms with Crippen molar-refractivity contribution >= 4 is 22.7 Å². The Labute approximate surface area is 91.7 Å². The lowest BCUT2D eigenvalue weighted by atomic mass is 10.1. The maximum absolute atomic E-state index is 10.9. The van der Waals surface area contributed by atoms with Crippen LogP contribution in [-0.2, 0) is 0 Å². The van der Waals surface area contributed by atoms with Crippen LogP contribution in [0.15, 0.2) is 29.4 Å². The number of amides is 1. The Bertz CT molecular complexity index is 418. The molecule has 0 aliphatic carbocycles. The standard InChI is InChI=1S/C10H10N2O2S/c1-14-8-4-2-3-7(5-8)9-6-15-10(13)12-11-9/h2-5H,6H2,1H3,(H,12,13). The Morgan fingerprint density at radius 3 is 3.07 bits per heavy atom. The first-order valence-electron chi connectivity index (χ1n) is 4.43. The molecule has 4 nitrogen and oxygen atoms in total. The molecule has 1 N–H and O–H groups in total. The maximum atomic E-state index is 10.9. The highest BCUT2D eigenvalue weighted by atomic mass is 32.2. The summed E-state index contributed by atoms with van der Waals surface area (Å²) in [4.78, 5) is 10.9. The second kappa shape index (κ2) is 4.35. The quantitative estimate of drug-likeness (QED) is 0.830. The van der Waals surface area contributed by atoms with Gasteiger partial charge in [0.15, 0.2) is 0 Å². The number of nitrogens with zero attached hydrogens (tertiary/aromatic N) is 1. The lowest BCUT2D eigenvalue weighted by Crippen LogP contribution is -2.23. The van der Waals surface area contributed by atoms with Gasteiger partial charge < -0.3 is 4.74 Å². The van der Waals surface area contributed by atoms with Crippen molar-refractivity contribution < 1.29 is 9.53 Å². The zero-order valence-electron chi connectivity index (χ0n) is 8.19. The van der Waals surface area contributed by atoms with Crippen molar-refractivity contribution in [1.82, 2.24) is 5.43 Å². The number of benzene rings is 1. The van der Waals surface area contributed by atoms with E-state index in [0.29, 0.717) is 5.75 Å². The van der Waals surface area contributed by atoms with Crippen LogP contribution in [0, 0.1) is 0 Å². The summed E-state index contributed by atoms with van der Waals surface area (Å²) in [6.45, 7) is 0. The lowest BCUT2D eigenvalue weighted by Gasteiger charge is -2.11. The SMILES string of the molecule is COc1cccc(C2=NNC(=O)SC2)c1. The molecule has 0 fully saturated rings. The first kappa shape index (κ1) is 10.0. The molecule has 1 aliphatic rings. The van der Waals surface area contributed by atoms with Gasteiger partial charge in [-0.1, -0.05) is 23.9 Å². The summed E-state index contributed by atoms with van der Waals surface area (Å²) in [5.41, 5.74) is 4.27. The Morgan fingerprint density at radius 2 is 2.40 bits per heavy atom. The van der Waals surface area contributed by atoms with Crippen LogP contribution in [0.1, 0.15) is 5.56 Å². The molecule has 15 heavy (non-hydrogen) atoms. The molecule has 1 amide bonds. The summed E-state index contributed by atoms with van der Waals surface area (Å²) in [7, 11) is 1.62. The van der Waals surface area contributed by atoms with Gasteiger partial charge in [-0.15, -0.1) is 0 Å². The molecular weight excluding hydrogens is 212 g/mol. The Kier molecular flexibility index (Phi) is 2.91. The topological polar surface area (TPSA) is 50.7 Å². The van der Waals surface area contributed by atoms with Crippen LogP contribution in [0.25, 0.3) is 0 Å². The summed E-state index contributed by atoms with van der Waals surface area (Å²) >= 11 is 1.21. The van der Waals surface area contributed by atoms with Crippen molar-refractivity contribution in [2.45, 2.75) is 0 Å². The van der Waals surface area contributed by atoms with E-state index in [9.17, 15) is 4.79 Å². The predicted octanol–water partition coefficient (Wildman–Crippen LogP) is 1.86. The fraction of sp³-hybridized carbons (Fsp3) is 0.200. The third kappa shape index (κ3) is 2.30. The summed E-state index contributed by atoms with van der Waals surface area (Å²) in [6, 6.07) is 7.62. The molecule has 1 aromatic carbocycles. The highest BCUT2D eigenvalue weighted by Gasteiger charge is 2.13. The molecule has 5 heteroatoms. The molecule has 0 spiro atoms. The first-order valence-corrected chi connectivity index (χ1v) is 5.42. The van der Waals surface area contributed by atoms with E-state index >= 15 is 0 Å². The number of carbonyl (C=O) groups excluding carboxylic acids is 1. The number of hydrogen-bond acceptors (Lipinski definition) is 4. The number of nitrogens with one attached hydrogen (secondary N) is 1. The minimum absolute atomic E-state index is 0.110. The van der Waals surface area contributed by atoms with Gasteiger partial charge in [-0.3, -0.25) is 4.79 Å². The van der Waals surface area contributed by atoms with Crippen molar-refractivity contribution in [2.75, 3.05) is 12.9 Å². The van der Waals surface area contributed by atoms with Gasteiger partial charge >= 0.3 is 0 Å². The maximum Gasteiger partial charge on any atom is 0.299 e. The number of hydrazone groups is 1.